The number of ether oxygens (including phenoxy) is 1. The van der Waals surface area contributed by atoms with E-state index in [-0.39, 0.29) is 11.0 Å². The molecule has 0 radical (unpaired) electrons. The van der Waals surface area contributed by atoms with Crippen molar-refractivity contribution in [2.75, 3.05) is 19.7 Å². The quantitative estimate of drug-likeness (QED) is 0.807. The summed E-state index contributed by atoms with van der Waals surface area (Å²) < 4.78 is 32.5. The highest BCUT2D eigenvalue weighted by Gasteiger charge is 2.30. The summed E-state index contributed by atoms with van der Waals surface area (Å²) in [4.78, 5) is 12.4. The van der Waals surface area contributed by atoms with E-state index in [9.17, 15) is 8.42 Å². The lowest BCUT2D eigenvalue weighted by molar-refractivity contribution is -0.00539. The molecular weight excluding hydrogens is 328 g/mol. The maximum Gasteiger partial charge on any atom is 0.244 e. The number of pyridine rings is 1. The van der Waals surface area contributed by atoms with Gasteiger partial charge < -0.3 is 4.74 Å². The molecule has 0 N–H and O–H groups in total. The van der Waals surface area contributed by atoms with Crippen LogP contribution in [0.3, 0.4) is 0 Å². The predicted molar refractivity (Wildman–Crippen MR) is 87.8 cm³/mol. The van der Waals surface area contributed by atoms with Crippen molar-refractivity contribution >= 4 is 10.0 Å². The molecule has 0 saturated carbocycles. The molecule has 3 heterocycles. The minimum absolute atomic E-state index is 0.138. The van der Waals surface area contributed by atoms with Crippen molar-refractivity contribution in [2.24, 2.45) is 0 Å². The van der Waals surface area contributed by atoms with Crippen LogP contribution in [0.25, 0.3) is 0 Å². The third-order valence-electron chi connectivity index (χ3n) is 3.96. The van der Waals surface area contributed by atoms with Crippen LogP contribution in [0, 0.1) is 6.92 Å². The molecule has 1 aliphatic heterocycles. The van der Waals surface area contributed by atoms with E-state index in [1.54, 1.807) is 24.7 Å². The lowest BCUT2D eigenvalue weighted by atomic mass is 10.1. The van der Waals surface area contributed by atoms with E-state index in [0.717, 1.165) is 24.2 Å². The van der Waals surface area contributed by atoms with Gasteiger partial charge in [0, 0.05) is 36.9 Å². The van der Waals surface area contributed by atoms with Gasteiger partial charge in [-0.2, -0.15) is 4.31 Å². The summed E-state index contributed by atoms with van der Waals surface area (Å²) in [5.74, 6) is 0. The van der Waals surface area contributed by atoms with E-state index in [1.807, 2.05) is 13.0 Å². The van der Waals surface area contributed by atoms with Crippen LogP contribution < -0.4 is 0 Å². The summed E-state index contributed by atoms with van der Waals surface area (Å²) in [6.45, 7) is 3.03. The van der Waals surface area contributed by atoms with Gasteiger partial charge in [0.05, 0.1) is 12.7 Å². The van der Waals surface area contributed by atoms with Gasteiger partial charge in [0.2, 0.25) is 10.0 Å². The molecule has 128 valence electrons. The van der Waals surface area contributed by atoms with Crippen LogP contribution in [0.2, 0.25) is 0 Å². The van der Waals surface area contributed by atoms with Gasteiger partial charge in [-0.3, -0.25) is 4.98 Å². The van der Waals surface area contributed by atoms with Crippen molar-refractivity contribution in [1.82, 2.24) is 19.3 Å². The lowest BCUT2D eigenvalue weighted by Gasteiger charge is -2.32. The summed E-state index contributed by atoms with van der Waals surface area (Å²) in [6.07, 6.45) is 5.80. The van der Waals surface area contributed by atoms with Gasteiger partial charge in [-0.1, -0.05) is 0 Å². The molecule has 0 bridgehead atoms. The largest absolute Gasteiger partial charge is 0.375 e. The van der Waals surface area contributed by atoms with Gasteiger partial charge in [-0.05, 0) is 38.0 Å². The van der Waals surface area contributed by atoms with Gasteiger partial charge in [0.1, 0.15) is 11.2 Å². The number of hydrogen-bond acceptors (Lipinski definition) is 6. The first-order valence-electron chi connectivity index (χ1n) is 7.85. The summed E-state index contributed by atoms with van der Waals surface area (Å²) in [5, 5.41) is 0. The van der Waals surface area contributed by atoms with Crippen LogP contribution in [0.5, 0.6) is 0 Å². The number of sulfonamides is 1. The first-order chi connectivity index (χ1) is 11.6. The zero-order chi connectivity index (χ0) is 17.0. The number of morpholine rings is 1. The van der Waals surface area contributed by atoms with E-state index in [1.165, 1.54) is 10.5 Å². The Labute approximate surface area is 141 Å². The van der Waals surface area contributed by atoms with Crippen molar-refractivity contribution in [2.45, 2.75) is 30.8 Å². The average molecular weight is 348 g/mol. The fourth-order valence-electron chi connectivity index (χ4n) is 2.69. The SMILES string of the molecule is Cc1cc(CC[C@@H]2CN(S(=O)(=O)c3cccnc3)CCO2)ncn1. The topological polar surface area (TPSA) is 85.3 Å². The maximum atomic E-state index is 12.7. The summed E-state index contributed by atoms with van der Waals surface area (Å²) in [5.41, 5.74) is 1.86. The Morgan fingerprint density at radius 2 is 2.25 bits per heavy atom. The van der Waals surface area contributed by atoms with E-state index >= 15 is 0 Å². The molecular formula is C16H20N4O3S. The first-order valence-corrected chi connectivity index (χ1v) is 9.29. The Balaban J connectivity index is 1.64. The fourth-order valence-corrected chi connectivity index (χ4v) is 4.11. The Morgan fingerprint density at radius 3 is 3.00 bits per heavy atom. The van der Waals surface area contributed by atoms with Crippen molar-refractivity contribution < 1.29 is 13.2 Å². The summed E-state index contributed by atoms with van der Waals surface area (Å²) >= 11 is 0. The van der Waals surface area contributed by atoms with Crippen LogP contribution in [-0.4, -0.2) is 53.5 Å². The van der Waals surface area contributed by atoms with E-state index in [2.05, 4.69) is 15.0 Å². The molecule has 7 nitrogen and oxygen atoms in total. The molecule has 1 aliphatic rings. The number of rotatable bonds is 5. The number of nitrogens with zero attached hydrogens (tertiary/aromatic N) is 4. The average Bonchev–Trinajstić information content (AvgIpc) is 2.61. The zero-order valence-corrected chi connectivity index (χ0v) is 14.3. The molecule has 2 aromatic heterocycles. The minimum Gasteiger partial charge on any atom is -0.375 e. The monoisotopic (exact) mass is 348 g/mol. The highest BCUT2D eigenvalue weighted by molar-refractivity contribution is 7.89. The minimum atomic E-state index is -3.52. The van der Waals surface area contributed by atoms with Crippen molar-refractivity contribution in [3.8, 4) is 0 Å². The van der Waals surface area contributed by atoms with Crippen molar-refractivity contribution in [3.05, 3.63) is 48.3 Å². The summed E-state index contributed by atoms with van der Waals surface area (Å²) in [6, 6.07) is 5.13. The number of hydrogen-bond donors (Lipinski definition) is 0. The second-order valence-corrected chi connectivity index (χ2v) is 7.67. The van der Waals surface area contributed by atoms with Gasteiger partial charge >= 0.3 is 0 Å². The normalized spacial score (nSPS) is 19.3. The Kier molecular flexibility index (Phi) is 5.17. The Bertz CT molecular complexity index is 783. The van der Waals surface area contributed by atoms with E-state index in [0.29, 0.717) is 19.7 Å². The van der Waals surface area contributed by atoms with Crippen LogP contribution in [0.4, 0.5) is 0 Å². The van der Waals surface area contributed by atoms with Crippen LogP contribution >= 0.6 is 0 Å². The molecule has 0 unspecified atom stereocenters. The predicted octanol–water partition coefficient (Wildman–Crippen LogP) is 1.20. The van der Waals surface area contributed by atoms with Crippen molar-refractivity contribution in [3.63, 3.8) is 0 Å². The van der Waals surface area contributed by atoms with Crippen LogP contribution in [0.15, 0.2) is 41.8 Å². The Hall–Kier alpha value is -1.90. The Morgan fingerprint density at radius 1 is 1.38 bits per heavy atom. The van der Waals surface area contributed by atoms with Crippen LogP contribution in [-0.2, 0) is 21.2 Å². The molecule has 0 aliphatic carbocycles. The first kappa shape index (κ1) is 16.9. The second-order valence-electron chi connectivity index (χ2n) is 5.73. The van der Waals surface area contributed by atoms with Gasteiger partial charge in [0.15, 0.2) is 0 Å². The van der Waals surface area contributed by atoms with Gasteiger partial charge in [-0.25, -0.2) is 18.4 Å². The molecule has 1 saturated heterocycles. The molecule has 2 aromatic rings. The van der Waals surface area contributed by atoms with Crippen molar-refractivity contribution in [1.29, 1.82) is 0 Å². The molecule has 0 aromatic carbocycles. The molecule has 24 heavy (non-hydrogen) atoms. The molecule has 1 atom stereocenters. The highest BCUT2D eigenvalue weighted by Crippen LogP contribution is 2.19. The molecule has 0 amide bonds. The number of aromatic nitrogens is 3. The second kappa shape index (κ2) is 7.33. The van der Waals surface area contributed by atoms with E-state index < -0.39 is 10.0 Å². The van der Waals surface area contributed by atoms with E-state index in [4.69, 9.17) is 4.74 Å². The van der Waals surface area contributed by atoms with Crippen LogP contribution in [0.1, 0.15) is 17.8 Å². The maximum absolute atomic E-state index is 12.7. The zero-order valence-electron chi connectivity index (χ0n) is 13.5. The molecule has 1 fully saturated rings. The fraction of sp³-hybridized carbons (Fsp3) is 0.438. The third kappa shape index (κ3) is 3.95. The van der Waals surface area contributed by atoms with Gasteiger partial charge in [-0.15, -0.1) is 0 Å². The number of aryl methyl sites for hydroxylation is 2. The van der Waals surface area contributed by atoms with Gasteiger partial charge in [0.25, 0.3) is 0 Å². The summed E-state index contributed by atoms with van der Waals surface area (Å²) in [7, 11) is -3.52. The third-order valence-corrected chi connectivity index (χ3v) is 5.81. The smallest absolute Gasteiger partial charge is 0.244 e. The highest BCUT2D eigenvalue weighted by atomic mass is 32.2. The molecule has 8 heteroatoms. The molecule has 3 rings (SSSR count). The lowest BCUT2D eigenvalue weighted by Crippen LogP contribution is -2.45. The molecule has 0 spiro atoms. The standard InChI is InChI=1S/C16H20N4O3S/c1-13-9-14(19-12-18-13)4-5-15-11-20(7-8-23-15)24(21,22)16-3-2-6-17-10-16/h2-3,6,9-10,12,15H,4-5,7-8,11H2,1H3/t15-/m1/s1.